The van der Waals surface area contributed by atoms with Crippen molar-refractivity contribution in [3.8, 4) is 11.5 Å². The van der Waals surface area contributed by atoms with Gasteiger partial charge in [-0.3, -0.25) is 9.59 Å². The number of benzene rings is 3. The lowest BCUT2D eigenvalue weighted by Crippen LogP contribution is -2.22. The predicted octanol–water partition coefficient (Wildman–Crippen LogP) is 4.23. The van der Waals surface area contributed by atoms with Crippen LogP contribution in [0, 0.1) is 0 Å². The molecule has 0 aliphatic carbocycles. The van der Waals surface area contributed by atoms with Gasteiger partial charge in [0, 0.05) is 25.2 Å². The molecule has 0 spiro atoms. The van der Waals surface area contributed by atoms with E-state index in [4.69, 9.17) is 9.47 Å². The van der Waals surface area contributed by atoms with Crippen molar-refractivity contribution in [1.29, 1.82) is 0 Å². The van der Waals surface area contributed by atoms with Crippen molar-refractivity contribution in [3.63, 3.8) is 0 Å². The molecule has 6 nitrogen and oxygen atoms in total. The van der Waals surface area contributed by atoms with E-state index in [0.29, 0.717) is 29.2 Å². The van der Waals surface area contributed by atoms with Gasteiger partial charge in [0.1, 0.15) is 18.1 Å². The Kier molecular flexibility index (Phi) is 6.70. The summed E-state index contributed by atoms with van der Waals surface area (Å²) in [6.07, 6.45) is 0. The highest BCUT2D eigenvalue weighted by molar-refractivity contribution is 6.06. The normalized spacial score (nSPS) is 10.2. The van der Waals surface area contributed by atoms with Gasteiger partial charge in [0.25, 0.3) is 11.8 Å². The molecule has 0 radical (unpaired) electrons. The van der Waals surface area contributed by atoms with E-state index in [2.05, 4.69) is 5.32 Å². The molecule has 0 unspecified atom stereocenters. The summed E-state index contributed by atoms with van der Waals surface area (Å²) in [4.78, 5) is 26.4. The monoisotopic (exact) mass is 404 g/mol. The molecule has 6 heteroatoms. The highest BCUT2D eigenvalue weighted by atomic mass is 16.5. The van der Waals surface area contributed by atoms with Gasteiger partial charge in [0.05, 0.1) is 12.8 Å². The molecule has 0 saturated carbocycles. The van der Waals surface area contributed by atoms with Gasteiger partial charge in [0.15, 0.2) is 0 Å². The number of nitrogens with one attached hydrogen (secondary N) is 1. The van der Waals surface area contributed by atoms with Gasteiger partial charge in [-0.25, -0.2) is 0 Å². The first-order valence-corrected chi connectivity index (χ1v) is 9.46. The van der Waals surface area contributed by atoms with E-state index < -0.39 is 0 Å². The second kappa shape index (κ2) is 9.60. The average molecular weight is 404 g/mol. The Morgan fingerprint density at radius 2 is 1.57 bits per heavy atom. The van der Waals surface area contributed by atoms with E-state index in [1.807, 2.05) is 42.5 Å². The zero-order valence-electron chi connectivity index (χ0n) is 17.2. The number of carbonyl (C=O) groups is 2. The maximum Gasteiger partial charge on any atom is 0.255 e. The van der Waals surface area contributed by atoms with E-state index >= 15 is 0 Å². The first kappa shape index (κ1) is 20.9. The van der Waals surface area contributed by atoms with E-state index in [1.54, 1.807) is 44.4 Å². The van der Waals surface area contributed by atoms with Gasteiger partial charge in [0.2, 0.25) is 0 Å². The van der Waals surface area contributed by atoms with Crippen LogP contribution in [0.5, 0.6) is 11.5 Å². The number of rotatable bonds is 7. The van der Waals surface area contributed by atoms with Crippen molar-refractivity contribution in [1.82, 2.24) is 4.90 Å². The lowest BCUT2D eigenvalue weighted by atomic mass is 10.1. The van der Waals surface area contributed by atoms with Crippen LogP contribution in [0.1, 0.15) is 26.3 Å². The second-order valence-corrected chi connectivity index (χ2v) is 6.87. The molecule has 0 atom stereocenters. The number of para-hydroxylation sites is 1. The fourth-order valence-corrected chi connectivity index (χ4v) is 2.83. The van der Waals surface area contributed by atoms with Crippen LogP contribution in [0.2, 0.25) is 0 Å². The molecule has 0 aliphatic rings. The molecule has 3 aromatic carbocycles. The minimum absolute atomic E-state index is 0.157. The Morgan fingerprint density at radius 3 is 2.20 bits per heavy atom. The molecule has 0 heterocycles. The van der Waals surface area contributed by atoms with Gasteiger partial charge < -0.3 is 19.7 Å². The fraction of sp³-hybridized carbons (Fsp3) is 0.167. The molecule has 30 heavy (non-hydrogen) atoms. The molecule has 0 aliphatic heterocycles. The van der Waals surface area contributed by atoms with E-state index in [-0.39, 0.29) is 11.8 Å². The third-order valence-electron chi connectivity index (χ3n) is 4.47. The topological polar surface area (TPSA) is 67.9 Å². The van der Waals surface area contributed by atoms with Crippen molar-refractivity contribution in [2.45, 2.75) is 6.61 Å². The van der Waals surface area contributed by atoms with Crippen LogP contribution in [0.25, 0.3) is 0 Å². The smallest absolute Gasteiger partial charge is 0.255 e. The van der Waals surface area contributed by atoms with E-state index in [9.17, 15) is 9.59 Å². The van der Waals surface area contributed by atoms with Gasteiger partial charge >= 0.3 is 0 Å². The average Bonchev–Trinajstić information content (AvgIpc) is 2.78. The minimum atomic E-state index is -0.293. The number of carbonyl (C=O) groups excluding carboxylic acids is 2. The number of nitrogens with zero attached hydrogens (tertiary/aromatic N) is 1. The number of methoxy groups -OCH3 is 1. The molecular formula is C24H24N2O4. The molecule has 0 fully saturated rings. The SMILES string of the molecule is COc1ccc(C(=O)N(C)C)cc1NC(=O)c1ccc(COc2ccccc2)cc1. The zero-order chi connectivity index (χ0) is 21.5. The number of amides is 2. The maximum absolute atomic E-state index is 12.7. The largest absolute Gasteiger partial charge is 0.495 e. The molecule has 3 rings (SSSR count). The summed E-state index contributed by atoms with van der Waals surface area (Å²) in [6.45, 7) is 0.411. The van der Waals surface area contributed by atoms with Gasteiger partial charge in [-0.05, 0) is 48.0 Å². The quantitative estimate of drug-likeness (QED) is 0.640. The lowest BCUT2D eigenvalue weighted by molar-refractivity contribution is 0.0827. The summed E-state index contributed by atoms with van der Waals surface area (Å²) in [7, 11) is 4.86. The summed E-state index contributed by atoms with van der Waals surface area (Å²) >= 11 is 0. The van der Waals surface area contributed by atoms with Crippen LogP contribution in [0.4, 0.5) is 5.69 Å². The van der Waals surface area contributed by atoms with Crippen LogP contribution in [0.3, 0.4) is 0 Å². The Morgan fingerprint density at radius 1 is 0.900 bits per heavy atom. The van der Waals surface area contributed by atoms with Gasteiger partial charge in [-0.2, -0.15) is 0 Å². The lowest BCUT2D eigenvalue weighted by Gasteiger charge is -2.14. The molecule has 1 N–H and O–H groups in total. The molecule has 0 saturated heterocycles. The summed E-state index contributed by atoms with van der Waals surface area (Å²) in [5.41, 5.74) is 2.34. The summed E-state index contributed by atoms with van der Waals surface area (Å²) in [5.74, 6) is 0.819. The predicted molar refractivity (Wildman–Crippen MR) is 116 cm³/mol. The highest BCUT2D eigenvalue weighted by Crippen LogP contribution is 2.26. The molecule has 0 aromatic heterocycles. The van der Waals surface area contributed by atoms with Gasteiger partial charge in [-0.1, -0.05) is 30.3 Å². The highest BCUT2D eigenvalue weighted by Gasteiger charge is 2.14. The number of anilines is 1. The van der Waals surface area contributed by atoms with E-state index in [1.165, 1.54) is 12.0 Å². The van der Waals surface area contributed by atoms with Gasteiger partial charge in [-0.15, -0.1) is 0 Å². The van der Waals surface area contributed by atoms with Crippen LogP contribution in [-0.2, 0) is 6.61 Å². The number of hydrogen-bond acceptors (Lipinski definition) is 4. The van der Waals surface area contributed by atoms with Crippen LogP contribution < -0.4 is 14.8 Å². The molecule has 154 valence electrons. The summed E-state index contributed by atoms with van der Waals surface area (Å²) in [6, 6.07) is 21.7. The Hall–Kier alpha value is -3.80. The van der Waals surface area contributed by atoms with Crippen LogP contribution in [0.15, 0.2) is 72.8 Å². The standard InChI is InChI=1S/C24H24N2O4/c1-26(2)24(28)19-13-14-22(29-3)21(15-19)25-23(27)18-11-9-17(10-12-18)16-30-20-7-5-4-6-8-20/h4-15H,16H2,1-3H3,(H,25,27). The molecule has 0 bridgehead atoms. The summed E-state index contributed by atoms with van der Waals surface area (Å²) < 4.78 is 11.0. The van der Waals surface area contributed by atoms with Crippen molar-refractivity contribution < 1.29 is 19.1 Å². The molecule has 2 amide bonds. The second-order valence-electron chi connectivity index (χ2n) is 6.87. The Balaban J connectivity index is 1.69. The minimum Gasteiger partial charge on any atom is -0.495 e. The van der Waals surface area contributed by atoms with Crippen molar-refractivity contribution >= 4 is 17.5 Å². The third-order valence-corrected chi connectivity index (χ3v) is 4.47. The van der Waals surface area contributed by atoms with Crippen LogP contribution >= 0.6 is 0 Å². The first-order valence-electron chi connectivity index (χ1n) is 9.46. The van der Waals surface area contributed by atoms with Crippen molar-refractivity contribution in [2.24, 2.45) is 0 Å². The van der Waals surface area contributed by atoms with Crippen molar-refractivity contribution in [3.05, 3.63) is 89.5 Å². The van der Waals surface area contributed by atoms with Crippen molar-refractivity contribution in [2.75, 3.05) is 26.5 Å². The number of hydrogen-bond donors (Lipinski definition) is 1. The maximum atomic E-state index is 12.7. The Labute approximate surface area is 176 Å². The Bertz CT molecular complexity index is 1020. The first-order chi connectivity index (χ1) is 14.5. The van der Waals surface area contributed by atoms with E-state index in [0.717, 1.165) is 11.3 Å². The van der Waals surface area contributed by atoms with Crippen LogP contribution in [-0.4, -0.2) is 37.9 Å². The summed E-state index contributed by atoms with van der Waals surface area (Å²) in [5, 5.41) is 2.82. The molecular weight excluding hydrogens is 380 g/mol. The number of ether oxygens (including phenoxy) is 2. The fourth-order valence-electron chi connectivity index (χ4n) is 2.83. The zero-order valence-corrected chi connectivity index (χ0v) is 17.2. The third kappa shape index (κ3) is 5.17. The molecule has 3 aromatic rings.